The van der Waals surface area contributed by atoms with Crippen LogP contribution in [0.5, 0.6) is 11.5 Å². The highest BCUT2D eigenvalue weighted by Crippen LogP contribution is 2.33. The molecular weight excluding hydrogens is 412 g/mol. The Balaban J connectivity index is 2.27. The normalized spacial score (nSPS) is 12.0. The summed E-state index contributed by atoms with van der Waals surface area (Å²) in [5.74, 6) is -0.848. The largest absolute Gasteiger partial charge is 0.493 e. The maximum absolute atomic E-state index is 12.6. The van der Waals surface area contributed by atoms with Gasteiger partial charge in [0.1, 0.15) is 0 Å². The molecule has 2 aromatic rings. The Morgan fingerprint density at radius 3 is 2.07 bits per heavy atom. The van der Waals surface area contributed by atoms with Crippen molar-refractivity contribution >= 4 is 27.6 Å². The highest BCUT2D eigenvalue weighted by Gasteiger charge is 2.25. The van der Waals surface area contributed by atoms with Crippen LogP contribution in [-0.2, 0) is 19.6 Å². The number of rotatable bonds is 8. The molecule has 2 N–H and O–H groups in total. The fourth-order valence-corrected chi connectivity index (χ4v) is 3.78. The summed E-state index contributed by atoms with van der Waals surface area (Å²) >= 11 is 0. The lowest BCUT2D eigenvalue weighted by Crippen LogP contribution is -2.41. The molecule has 0 spiro atoms. The first kappa shape index (κ1) is 23.2. The maximum Gasteiger partial charge on any atom is 0.340 e. The highest BCUT2D eigenvalue weighted by atomic mass is 32.2. The smallest absolute Gasteiger partial charge is 0.340 e. The number of hydrogen-bond donors (Lipinski definition) is 2. The van der Waals surface area contributed by atoms with E-state index in [9.17, 15) is 18.0 Å². The van der Waals surface area contributed by atoms with Crippen LogP contribution in [0.25, 0.3) is 0 Å². The summed E-state index contributed by atoms with van der Waals surface area (Å²) in [5, 5.41) is 2.53. The Morgan fingerprint density at radius 1 is 0.967 bits per heavy atom. The van der Waals surface area contributed by atoms with E-state index in [1.807, 2.05) is 6.92 Å². The number of ether oxygens (including phenoxy) is 3. The predicted octanol–water partition coefficient (Wildman–Crippen LogP) is 2.10. The lowest BCUT2D eigenvalue weighted by molar-refractivity contribution is -0.117. The van der Waals surface area contributed by atoms with Crippen molar-refractivity contribution in [3.8, 4) is 11.5 Å². The van der Waals surface area contributed by atoms with Gasteiger partial charge in [-0.2, -0.15) is 4.72 Å². The van der Waals surface area contributed by atoms with Crippen LogP contribution in [0.2, 0.25) is 0 Å². The lowest BCUT2D eigenvalue weighted by Gasteiger charge is -2.17. The molecule has 1 atom stereocenters. The monoisotopic (exact) mass is 436 g/mol. The molecule has 0 aliphatic carbocycles. The van der Waals surface area contributed by atoms with Crippen LogP contribution in [0.4, 0.5) is 5.69 Å². The molecule has 1 amide bonds. The molecule has 0 unspecified atom stereocenters. The van der Waals surface area contributed by atoms with Crippen molar-refractivity contribution < 1.29 is 32.2 Å². The molecule has 10 heteroatoms. The van der Waals surface area contributed by atoms with Gasteiger partial charge in [-0.05, 0) is 26.0 Å². The van der Waals surface area contributed by atoms with Crippen LogP contribution >= 0.6 is 0 Å². The second-order valence-electron chi connectivity index (χ2n) is 6.39. The number of carbonyl (C=O) groups is 2. The van der Waals surface area contributed by atoms with Crippen LogP contribution in [0.3, 0.4) is 0 Å². The van der Waals surface area contributed by atoms with Crippen molar-refractivity contribution in [3.63, 3.8) is 0 Å². The van der Waals surface area contributed by atoms with Crippen LogP contribution < -0.4 is 19.5 Å². The third-order valence-electron chi connectivity index (χ3n) is 4.24. The van der Waals surface area contributed by atoms with Crippen LogP contribution in [-0.4, -0.2) is 47.7 Å². The van der Waals surface area contributed by atoms with Crippen LogP contribution in [0, 0.1) is 6.92 Å². The van der Waals surface area contributed by atoms with Gasteiger partial charge in [0.25, 0.3) is 0 Å². The van der Waals surface area contributed by atoms with E-state index >= 15 is 0 Å². The minimum Gasteiger partial charge on any atom is -0.493 e. The van der Waals surface area contributed by atoms with Gasteiger partial charge in [0.05, 0.1) is 43.5 Å². The number of anilines is 1. The Kier molecular flexibility index (Phi) is 7.41. The van der Waals surface area contributed by atoms with Crippen molar-refractivity contribution in [1.29, 1.82) is 0 Å². The van der Waals surface area contributed by atoms with Crippen LogP contribution in [0.1, 0.15) is 22.8 Å². The van der Waals surface area contributed by atoms with Gasteiger partial charge in [-0.15, -0.1) is 0 Å². The van der Waals surface area contributed by atoms with Gasteiger partial charge in [0.2, 0.25) is 15.9 Å². The first-order valence-electron chi connectivity index (χ1n) is 8.87. The van der Waals surface area contributed by atoms with Gasteiger partial charge >= 0.3 is 5.97 Å². The zero-order valence-electron chi connectivity index (χ0n) is 17.3. The average molecular weight is 436 g/mol. The summed E-state index contributed by atoms with van der Waals surface area (Å²) in [6.07, 6.45) is 0. The first-order valence-corrected chi connectivity index (χ1v) is 10.4. The molecular formula is C20H24N2O7S. The molecule has 0 saturated heterocycles. The summed E-state index contributed by atoms with van der Waals surface area (Å²) in [4.78, 5) is 24.8. The average Bonchev–Trinajstić information content (AvgIpc) is 2.72. The Morgan fingerprint density at radius 2 is 1.53 bits per heavy atom. The summed E-state index contributed by atoms with van der Waals surface area (Å²) < 4.78 is 42.4. The Bertz CT molecular complexity index is 1030. The van der Waals surface area contributed by atoms with Crippen molar-refractivity contribution in [2.24, 2.45) is 0 Å². The van der Waals surface area contributed by atoms with Gasteiger partial charge in [-0.25, -0.2) is 13.2 Å². The molecule has 9 nitrogen and oxygen atoms in total. The lowest BCUT2D eigenvalue weighted by atomic mass is 10.1. The number of carbonyl (C=O) groups excluding carboxylic acids is 2. The fraction of sp³-hybridized carbons (Fsp3) is 0.300. The van der Waals surface area contributed by atoms with Gasteiger partial charge in [-0.3, -0.25) is 4.79 Å². The molecule has 0 aliphatic heterocycles. The molecule has 0 bridgehead atoms. The number of esters is 1. The molecule has 0 saturated carbocycles. The number of amides is 1. The highest BCUT2D eigenvalue weighted by molar-refractivity contribution is 7.89. The maximum atomic E-state index is 12.6. The van der Waals surface area contributed by atoms with E-state index < -0.39 is 27.9 Å². The minimum atomic E-state index is -3.92. The summed E-state index contributed by atoms with van der Waals surface area (Å²) in [6, 6.07) is 7.84. The summed E-state index contributed by atoms with van der Waals surface area (Å²) in [7, 11) is 0.0863. The van der Waals surface area contributed by atoms with Crippen molar-refractivity contribution in [2.75, 3.05) is 26.6 Å². The number of sulfonamides is 1. The fourth-order valence-electron chi connectivity index (χ4n) is 2.57. The molecule has 2 aromatic carbocycles. The predicted molar refractivity (Wildman–Crippen MR) is 110 cm³/mol. The van der Waals surface area contributed by atoms with Crippen molar-refractivity contribution in [1.82, 2.24) is 4.72 Å². The molecule has 0 heterocycles. The third kappa shape index (κ3) is 5.28. The number of benzene rings is 2. The molecule has 30 heavy (non-hydrogen) atoms. The van der Waals surface area contributed by atoms with E-state index in [1.165, 1.54) is 52.5 Å². The van der Waals surface area contributed by atoms with Gasteiger partial charge in [-0.1, -0.05) is 17.7 Å². The van der Waals surface area contributed by atoms with Crippen molar-refractivity contribution in [3.05, 3.63) is 47.5 Å². The molecule has 162 valence electrons. The van der Waals surface area contributed by atoms with E-state index in [1.54, 1.807) is 12.1 Å². The molecule has 0 aliphatic rings. The Hall–Kier alpha value is -3.11. The van der Waals surface area contributed by atoms with Crippen LogP contribution in [0.15, 0.2) is 41.3 Å². The first-order chi connectivity index (χ1) is 14.1. The number of hydrogen-bond acceptors (Lipinski definition) is 7. The van der Waals surface area contributed by atoms with E-state index in [0.717, 1.165) is 5.56 Å². The van der Waals surface area contributed by atoms with Gasteiger partial charge in [0.15, 0.2) is 11.5 Å². The number of methoxy groups -OCH3 is 3. The zero-order valence-corrected chi connectivity index (χ0v) is 18.1. The van der Waals surface area contributed by atoms with E-state index in [0.29, 0.717) is 0 Å². The Labute approximate surface area is 175 Å². The zero-order chi connectivity index (χ0) is 22.5. The van der Waals surface area contributed by atoms with Gasteiger partial charge < -0.3 is 19.5 Å². The standard InChI is InChI=1S/C20H24N2O7S/c1-12-6-8-14(9-7-12)30(25,26)22-13(2)19(23)21-16-11-18(28-4)17(27-3)10-15(16)20(24)29-5/h6-11,13,22H,1-5H3,(H,21,23)/t13-/m0/s1. The SMILES string of the molecule is COC(=O)c1cc(OC)c(OC)cc1NC(=O)[C@H](C)NS(=O)(=O)c1ccc(C)cc1. The topological polar surface area (TPSA) is 120 Å². The molecule has 0 aromatic heterocycles. The quantitative estimate of drug-likeness (QED) is 0.608. The minimum absolute atomic E-state index is 0.0251. The number of nitrogens with one attached hydrogen (secondary N) is 2. The second kappa shape index (κ2) is 9.59. The van der Waals surface area contributed by atoms with E-state index in [4.69, 9.17) is 14.2 Å². The molecule has 0 radical (unpaired) electrons. The van der Waals surface area contributed by atoms with E-state index in [2.05, 4.69) is 10.0 Å². The number of aryl methyl sites for hydroxylation is 1. The second-order valence-corrected chi connectivity index (χ2v) is 8.10. The van der Waals surface area contributed by atoms with E-state index in [-0.39, 0.29) is 27.6 Å². The third-order valence-corrected chi connectivity index (χ3v) is 5.80. The summed E-state index contributed by atoms with van der Waals surface area (Å²) in [5.41, 5.74) is 1.02. The van der Waals surface area contributed by atoms with Gasteiger partial charge in [0, 0.05) is 12.1 Å². The molecule has 0 fully saturated rings. The summed E-state index contributed by atoms with van der Waals surface area (Å²) in [6.45, 7) is 3.22. The van der Waals surface area contributed by atoms with Crippen molar-refractivity contribution in [2.45, 2.75) is 24.8 Å². The molecule has 2 rings (SSSR count).